The minimum absolute atomic E-state index is 0.0748. The van der Waals surface area contributed by atoms with Gasteiger partial charge >= 0.3 is 5.97 Å². The van der Waals surface area contributed by atoms with E-state index in [9.17, 15) is 9.18 Å². The van der Waals surface area contributed by atoms with E-state index in [0.717, 1.165) is 0 Å². The predicted molar refractivity (Wildman–Crippen MR) is 64.7 cm³/mol. The molecule has 18 heavy (non-hydrogen) atoms. The first-order chi connectivity index (χ1) is 8.40. The third-order valence-electron chi connectivity index (χ3n) is 2.79. The Labute approximate surface area is 103 Å². The predicted octanol–water partition coefficient (Wildman–Crippen LogP) is 1.82. The van der Waals surface area contributed by atoms with Gasteiger partial charge in [0.25, 0.3) is 0 Å². The van der Waals surface area contributed by atoms with Crippen molar-refractivity contribution in [1.29, 1.82) is 0 Å². The van der Waals surface area contributed by atoms with E-state index in [0.29, 0.717) is 17.1 Å². The SMILES string of the molecule is Cc1c(F)cc(-c2cc(N)n(C)n2)cc1C(=O)O. The number of nitrogen functional groups attached to an aromatic ring is 1. The molecule has 0 bridgehead atoms. The summed E-state index contributed by atoms with van der Waals surface area (Å²) in [5.74, 6) is -1.32. The van der Waals surface area contributed by atoms with E-state index in [2.05, 4.69) is 5.10 Å². The highest BCUT2D eigenvalue weighted by molar-refractivity contribution is 5.91. The third kappa shape index (κ3) is 1.92. The highest BCUT2D eigenvalue weighted by Crippen LogP contribution is 2.25. The smallest absolute Gasteiger partial charge is 0.336 e. The van der Waals surface area contributed by atoms with Crippen LogP contribution in [-0.4, -0.2) is 20.9 Å². The molecule has 2 rings (SSSR count). The van der Waals surface area contributed by atoms with Crippen LogP contribution in [0.4, 0.5) is 10.2 Å². The van der Waals surface area contributed by atoms with Gasteiger partial charge in [-0.05, 0) is 24.6 Å². The molecule has 5 nitrogen and oxygen atoms in total. The van der Waals surface area contributed by atoms with Crippen LogP contribution in [-0.2, 0) is 7.05 Å². The molecule has 0 saturated carbocycles. The van der Waals surface area contributed by atoms with Crippen LogP contribution in [0.1, 0.15) is 15.9 Å². The van der Waals surface area contributed by atoms with Crippen LogP contribution in [0.3, 0.4) is 0 Å². The van der Waals surface area contributed by atoms with Gasteiger partial charge in [0.15, 0.2) is 0 Å². The van der Waals surface area contributed by atoms with Crippen molar-refractivity contribution in [2.24, 2.45) is 7.05 Å². The highest BCUT2D eigenvalue weighted by atomic mass is 19.1. The summed E-state index contributed by atoms with van der Waals surface area (Å²) in [5.41, 5.74) is 6.50. The molecule has 1 aromatic carbocycles. The van der Waals surface area contributed by atoms with Crippen molar-refractivity contribution in [2.75, 3.05) is 5.73 Å². The van der Waals surface area contributed by atoms with E-state index in [1.165, 1.54) is 23.7 Å². The Kier molecular flexibility index (Phi) is 2.78. The summed E-state index contributed by atoms with van der Waals surface area (Å²) in [6, 6.07) is 4.21. The second-order valence-electron chi connectivity index (χ2n) is 4.01. The zero-order chi connectivity index (χ0) is 13.4. The van der Waals surface area contributed by atoms with Crippen molar-refractivity contribution in [2.45, 2.75) is 6.92 Å². The maximum Gasteiger partial charge on any atom is 0.336 e. The Morgan fingerprint density at radius 3 is 2.61 bits per heavy atom. The first kappa shape index (κ1) is 12.1. The summed E-state index contributed by atoms with van der Waals surface area (Å²) < 4.78 is 15.1. The largest absolute Gasteiger partial charge is 0.478 e. The van der Waals surface area contributed by atoms with Crippen LogP contribution in [0.15, 0.2) is 18.2 Å². The Morgan fingerprint density at radius 2 is 2.11 bits per heavy atom. The van der Waals surface area contributed by atoms with Crippen molar-refractivity contribution in [3.8, 4) is 11.3 Å². The number of aromatic carboxylic acids is 1. The Balaban J connectivity index is 2.62. The van der Waals surface area contributed by atoms with Crippen molar-refractivity contribution in [3.05, 3.63) is 35.1 Å². The van der Waals surface area contributed by atoms with E-state index in [1.54, 1.807) is 13.1 Å². The molecule has 3 N–H and O–H groups in total. The van der Waals surface area contributed by atoms with Crippen LogP contribution < -0.4 is 5.73 Å². The monoisotopic (exact) mass is 249 g/mol. The summed E-state index contributed by atoms with van der Waals surface area (Å²) in [4.78, 5) is 11.0. The van der Waals surface area contributed by atoms with Crippen molar-refractivity contribution >= 4 is 11.8 Å². The molecule has 1 heterocycles. The highest BCUT2D eigenvalue weighted by Gasteiger charge is 2.15. The van der Waals surface area contributed by atoms with Gasteiger partial charge in [0.1, 0.15) is 11.6 Å². The lowest BCUT2D eigenvalue weighted by Gasteiger charge is -2.05. The molecule has 0 aliphatic carbocycles. The number of nitrogens with two attached hydrogens (primary N) is 1. The normalized spacial score (nSPS) is 10.6. The lowest BCUT2D eigenvalue weighted by atomic mass is 10.0. The molecule has 6 heteroatoms. The van der Waals surface area contributed by atoms with Gasteiger partial charge in [0.2, 0.25) is 0 Å². The summed E-state index contributed by atoms with van der Waals surface area (Å²) >= 11 is 0. The number of carboxylic acids is 1. The number of anilines is 1. The molecule has 0 fully saturated rings. The zero-order valence-corrected chi connectivity index (χ0v) is 9.94. The lowest BCUT2D eigenvalue weighted by molar-refractivity contribution is 0.0695. The Morgan fingerprint density at radius 1 is 1.44 bits per heavy atom. The number of benzene rings is 1. The van der Waals surface area contributed by atoms with Crippen molar-refractivity contribution < 1.29 is 14.3 Å². The average molecular weight is 249 g/mol. The molecule has 0 aliphatic heterocycles. The Bertz CT molecular complexity index is 615. The molecule has 94 valence electrons. The van der Waals surface area contributed by atoms with E-state index in [4.69, 9.17) is 10.8 Å². The molecule has 0 spiro atoms. The van der Waals surface area contributed by atoms with E-state index >= 15 is 0 Å². The van der Waals surface area contributed by atoms with Gasteiger partial charge < -0.3 is 10.8 Å². The summed E-state index contributed by atoms with van der Waals surface area (Å²) in [6.07, 6.45) is 0. The quantitative estimate of drug-likeness (QED) is 0.850. The summed E-state index contributed by atoms with van der Waals surface area (Å²) in [5, 5.41) is 13.1. The van der Waals surface area contributed by atoms with Gasteiger partial charge in [-0.15, -0.1) is 0 Å². The molecule has 0 aliphatic rings. The standard InChI is InChI=1S/C12H12FN3O2/c1-6-8(12(17)18)3-7(4-9(6)13)10-5-11(14)16(2)15-10/h3-5H,14H2,1-2H3,(H,17,18). The zero-order valence-electron chi connectivity index (χ0n) is 9.94. The number of aromatic nitrogens is 2. The second kappa shape index (κ2) is 4.14. The van der Waals surface area contributed by atoms with Gasteiger partial charge in [0, 0.05) is 18.7 Å². The molecule has 1 aromatic heterocycles. The molecule has 0 amide bonds. The molecular formula is C12H12FN3O2. The first-order valence-electron chi connectivity index (χ1n) is 5.23. The number of aryl methyl sites for hydroxylation is 1. The molecule has 0 saturated heterocycles. The van der Waals surface area contributed by atoms with Crippen LogP contribution in [0.25, 0.3) is 11.3 Å². The van der Waals surface area contributed by atoms with Gasteiger partial charge in [-0.3, -0.25) is 4.68 Å². The van der Waals surface area contributed by atoms with Gasteiger partial charge in [-0.1, -0.05) is 0 Å². The summed E-state index contributed by atoms with van der Waals surface area (Å²) in [6.45, 7) is 1.43. The maximum absolute atomic E-state index is 13.7. The number of hydrogen-bond acceptors (Lipinski definition) is 3. The topological polar surface area (TPSA) is 81.1 Å². The van der Waals surface area contributed by atoms with Crippen LogP contribution in [0.5, 0.6) is 0 Å². The number of halogens is 1. The van der Waals surface area contributed by atoms with Crippen molar-refractivity contribution in [1.82, 2.24) is 9.78 Å². The number of nitrogens with zero attached hydrogens (tertiary/aromatic N) is 2. The lowest BCUT2D eigenvalue weighted by Crippen LogP contribution is -2.02. The van der Waals surface area contributed by atoms with Crippen molar-refractivity contribution in [3.63, 3.8) is 0 Å². The van der Waals surface area contributed by atoms with E-state index in [1.807, 2.05) is 0 Å². The molecule has 2 aromatic rings. The summed E-state index contributed by atoms with van der Waals surface area (Å²) in [7, 11) is 1.65. The van der Waals surface area contributed by atoms with E-state index in [-0.39, 0.29) is 11.1 Å². The van der Waals surface area contributed by atoms with Crippen LogP contribution >= 0.6 is 0 Å². The minimum atomic E-state index is -1.17. The molecule has 0 unspecified atom stereocenters. The average Bonchev–Trinajstić information content (AvgIpc) is 2.62. The number of rotatable bonds is 2. The number of hydrogen-bond donors (Lipinski definition) is 2. The Hall–Kier alpha value is -2.37. The van der Waals surface area contributed by atoms with E-state index < -0.39 is 11.8 Å². The van der Waals surface area contributed by atoms with Gasteiger partial charge in [0.05, 0.1) is 11.3 Å². The molecule has 0 atom stereocenters. The van der Waals surface area contributed by atoms with Crippen LogP contribution in [0, 0.1) is 12.7 Å². The fraction of sp³-hybridized carbons (Fsp3) is 0.167. The fourth-order valence-electron chi connectivity index (χ4n) is 1.67. The van der Waals surface area contributed by atoms with Crippen LogP contribution in [0.2, 0.25) is 0 Å². The fourth-order valence-corrected chi connectivity index (χ4v) is 1.67. The molecule has 0 radical (unpaired) electrons. The first-order valence-corrected chi connectivity index (χ1v) is 5.23. The minimum Gasteiger partial charge on any atom is -0.478 e. The van der Waals surface area contributed by atoms with Gasteiger partial charge in [-0.25, -0.2) is 9.18 Å². The number of carbonyl (C=O) groups is 1. The second-order valence-corrected chi connectivity index (χ2v) is 4.01. The van der Waals surface area contributed by atoms with Gasteiger partial charge in [-0.2, -0.15) is 5.10 Å². The third-order valence-corrected chi connectivity index (χ3v) is 2.79. The maximum atomic E-state index is 13.7. The molecular weight excluding hydrogens is 237 g/mol. The number of carboxylic acid groups (broad SMARTS) is 1.